The van der Waals surface area contributed by atoms with Crippen molar-refractivity contribution >= 4 is 46.0 Å². The zero-order valence-corrected chi connectivity index (χ0v) is 16.3. The first kappa shape index (κ1) is 17.9. The molecule has 0 bridgehead atoms. The van der Waals surface area contributed by atoms with Gasteiger partial charge in [0.25, 0.3) is 0 Å². The van der Waals surface area contributed by atoms with Crippen LogP contribution in [-0.4, -0.2) is 40.2 Å². The molecular formula is C17H19N3O3S2. The third-order valence-electron chi connectivity index (χ3n) is 4.14. The third kappa shape index (κ3) is 2.83. The molecule has 0 radical (unpaired) electrons. The zero-order chi connectivity index (χ0) is 18.4. The molecule has 2 aliphatic heterocycles. The Balaban J connectivity index is 2.08. The van der Waals surface area contributed by atoms with Crippen molar-refractivity contribution in [2.24, 2.45) is 5.10 Å². The molecule has 0 fully saturated rings. The van der Waals surface area contributed by atoms with Crippen molar-refractivity contribution in [1.82, 2.24) is 4.90 Å². The normalized spacial score (nSPS) is 22.7. The first-order chi connectivity index (χ1) is 11.8. The number of methoxy groups -OCH3 is 1. The summed E-state index contributed by atoms with van der Waals surface area (Å²) in [5.74, 6) is -0.482. The molecule has 0 saturated carbocycles. The van der Waals surface area contributed by atoms with Gasteiger partial charge >= 0.3 is 5.97 Å². The number of nitrogens with zero attached hydrogens (tertiary/aromatic N) is 3. The predicted octanol–water partition coefficient (Wildman–Crippen LogP) is 3.15. The zero-order valence-electron chi connectivity index (χ0n) is 14.7. The molecule has 2 heterocycles. The molecule has 0 N–H and O–H groups in total. The van der Waals surface area contributed by atoms with Crippen LogP contribution in [0.1, 0.15) is 19.4 Å². The molecule has 0 unspecified atom stereocenters. The van der Waals surface area contributed by atoms with E-state index in [-0.39, 0.29) is 10.8 Å². The number of anilines is 1. The van der Waals surface area contributed by atoms with Gasteiger partial charge in [0.15, 0.2) is 5.78 Å². The van der Waals surface area contributed by atoms with Crippen LogP contribution >= 0.6 is 23.5 Å². The number of carbonyl (C=O) groups is 2. The second-order valence-electron chi connectivity index (χ2n) is 5.83. The van der Waals surface area contributed by atoms with Gasteiger partial charge in [-0.15, -0.1) is 0 Å². The molecule has 1 aromatic carbocycles. The Labute approximate surface area is 155 Å². The highest BCUT2D eigenvalue weighted by molar-refractivity contribution is 8.28. The fraction of sp³-hybridized carbons (Fsp3) is 0.353. The van der Waals surface area contributed by atoms with Crippen molar-refractivity contribution in [1.29, 1.82) is 0 Å². The molecule has 0 aliphatic carbocycles. The third-order valence-corrected chi connectivity index (χ3v) is 7.29. The van der Waals surface area contributed by atoms with Crippen LogP contribution in [0.5, 0.6) is 0 Å². The summed E-state index contributed by atoms with van der Waals surface area (Å²) in [6.45, 7) is 5.47. The number of carbonyl (C=O) groups excluding carboxylic acids is 2. The highest BCUT2D eigenvalue weighted by Gasteiger charge is 2.55. The van der Waals surface area contributed by atoms with Gasteiger partial charge in [-0.3, -0.25) is 4.79 Å². The maximum atomic E-state index is 12.1. The van der Waals surface area contributed by atoms with Crippen molar-refractivity contribution in [3.63, 3.8) is 0 Å². The number of hydrogen-bond donors (Lipinski definition) is 0. The van der Waals surface area contributed by atoms with Gasteiger partial charge in [0.05, 0.1) is 17.7 Å². The minimum Gasteiger partial charge on any atom is -0.464 e. The summed E-state index contributed by atoms with van der Waals surface area (Å²) in [5, 5.41) is 6.56. The Kier molecular flexibility index (Phi) is 4.59. The number of ether oxygens (including phenoxy) is 1. The molecule has 6 nitrogen and oxygen atoms in total. The van der Waals surface area contributed by atoms with Crippen molar-refractivity contribution in [3.05, 3.63) is 40.4 Å². The Hall–Kier alpha value is -1.93. The van der Waals surface area contributed by atoms with Crippen molar-refractivity contribution < 1.29 is 14.3 Å². The molecule has 8 heteroatoms. The molecule has 1 aromatic rings. The predicted molar refractivity (Wildman–Crippen MR) is 102 cm³/mol. The number of benzene rings is 1. The fourth-order valence-electron chi connectivity index (χ4n) is 2.66. The summed E-state index contributed by atoms with van der Waals surface area (Å²) < 4.78 is 4.09. The lowest BCUT2D eigenvalue weighted by Gasteiger charge is -2.39. The topological polar surface area (TPSA) is 62.2 Å². The monoisotopic (exact) mass is 377 g/mol. The van der Waals surface area contributed by atoms with Gasteiger partial charge in [0.2, 0.25) is 9.37 Å². The summed E-state index contributed by atoms with van der Waals surface area (Å²) in [6.07, 6.45) is 0. The summed E-state index contributed by atoms with van der Waals surface area (Å²) >= 11 is 2.70. The van der Waals surface area contributed by atoms with E-state index in [0.29, 0.717) is 4.91 Å². The van der Waals surface area contributed by atoms with Crippen LogP contribution in [0.3, 0.4) is 0 Å². The minimum atomic E-state index is -0.760. The van der Waals surface area contributed by atoms with Crippen LogP contribution < -0.4 is 5.01 Å². The number of hydrazone groups is 1. The summed E-state index contributed by atoms with van der Waals surface area (Å²) in [5.41, 5.74) is 2.84. The van der Waals surface area contributed by atoms with Crippen LogP contribution in [-0.2, 0) is 14.3 Å². The number of esters is 1. The average molecular weight is 377 g/mol. The van der Waals surface area contributed by atoms with Gasteiger partial charge in [-0.2, -0.15) is 5.10 Å². The van der Waals surface area contributed by atoms with Gasteiger partial charge in [0, 0.05) is 12.7 Å². The van der Waals surface area contributed by atoms with E-state index in [1.807, 2.05) is 50.1 Å². The average Bonchev–Trinajstić information content (AvgIpc) is 3.09. The van der Waals surface area contributed by atoms with Gasteiger partial charge in [-0.25, -0.2) is 9.80 Å². The Morgan fingerprint density at radius 2 is 1.80 bits per heavy atom. The molecule has 1 spiro atoms. The van der Waals surface area contributed by atoms with E-state index in [0.717, 1.165) is 16.9 Å². The number of thioether (sulfide) groups is 2. The Morgan fingerprint density at radius 1 is 1.16 bits per heavy atom. The van der Waals surface area contributed by atoms with Crippen molar-refractivity contribution in [3.8, 4) is 0 Å². The van der Waals surface area contributed by atoms with Gasteiger partial charge < -0.3 is 9.64 Å². The first-order valence-corrected chi connectivity index (χ1v) is 9.31. The quantitative estimate of drug-likeness (QED) is 0.750. The van der Waals surface area contributed by atoms with E-state index in [4.69, 9.17) is 4.74 Å². The number of rotatable bonds is 3. The molecule has 0 aromatic heterocycles. The molecular weight excluding hydrogens is 358 g/mol. The highest BCUT2D eigenvalue weighted by atomic mass is 32.2. The van der Waals surface area contributed by atoms with E-state index < -0.39 is 10.3 Å². The Bertz CT molecular complexity index is 804. The maximum absolute atomic E-state index is 12.1. The Morgan fingerprint density at radius 3 is 2.32 bits per heavy atom. The van der Waals surface area contributed by atoms with E-state index in [1.54, 1.807) is 11.9 Å². The van der Waals surface area contributed by atoms with Crippen LogP contribution in [0.15, 0.2) is 40.0 Å². The number of aryl methyl sites for hydroxylation is 1. The number of ketones is 1. The molecule has 0 amide bonds. The molecule has 132 valence electrons. The molecule has 2 aliphatic rings. The van der Waals surface area contributed by atoms with Crippen LogP contribution in [0, 0.1) is 6.92 Å². The number of allylic oxidation sites excluding steroid dienone is 2. The van der Waals surface area contributed by atoms with Gasteiger partial charge in [0.1, 0.15) is 0 Å². The molecule has 3 rings (SSSR count). The van der Waals surface area contributed by atoms with Crippen molar-refractivity contribution in [2.75, 3.05) is 19.2 Å². The highest BCUT2D eigenvalue weighted by Crippen LogP contribution is 2.58. The maximum Gasteiger partial charge on any atom is 0.365 e. The lowest BCUT2D eigenvalue weighted by Crippen LogP contribution is -2.47. The smallest absolute Gasteiger partial charge is 0.365 e. The molecule has 25 heavy (non-hydrogen) atoms. The summed E-state index contributed by atoms with van der Waals surface area (Å²) in [4.78, 5) is 26.8. The number of hydrogen-bond acceptors (Lipinski definition) is 8. The van der Waals surface area contributed by atoms with Crippen LogP contribution in [0.4, 0.5) is 5.69 Å². The molecule has 0 saturated heterocycles. The number of Topliss-reactive ketones (excluding diaryl/α,β-unsaturated/α-hetero) is 1. The lowest BCUT2D eigenvalue weighted by molar-refractivity contribution is -0.132. The van der Waals surface area contributed by atoms with Gasteiger partial charge in [-0.1, -0.05) is 29.5 Å². The van der Waals surface area contributed by atoms with E-state index in [1.165, 1.54) is 30.6 Å². The SMILES string of the molecule is COC(=O)C1=NN(c2ccc(C)cc2)[C@@]2(S1)SC(C(C)=O)=C(C)N2C. The van der Waals surface area contributed by atoms with E-state index >= 15 is 0 Å². The minimum absolute atomic E-state index is 0.00204. The standard InChI is InChI=1S/C17H19N3O3S2/c1-10-6-8-13(9-7-10)20-17(25-15(18-20)16(22)23-5)19(4)11(2)14(24-17)12(3)21/h6-9H,1-5H3/t17-/m1/s1. The second kappa shape index (κ2) is 6.42. The van der Waals surface area contributed by atoms with Gasteiger partial charge in [-0.05, 0) is 44.7 Å². The largest absolute Gasteiger partial charge is 0.464 e. The molecule has 1 atom stereocenters. The second-order valence-corrected chi connectivity index (χ2v) is 8.43. The van der Waals surface area contributed by atoms with E-state index in [2.05, 4.69) is 5.10 Å². The summed E-state index contributed by atoms with van der Waals surface area (Å²) in [6, 6.07) is 7.89. The van der Waals surface area contributed by atoms with E-state index in [9.17, 15) is 9.59 Å². The van der Waals surface area contributed by atoms with Crippen LogP contribution in [0.2, 0.25) is 0 Å². The summed E-state index contributed by atoms with van der Waals surface area (Å²) in [7, 11) is 3.24. The van der Waals surface area contributed by atoms with Crippen LogP contribution in [0.25, 0.3) is 0 Å². The first-order valence-electron chi connectivity index (χ1n) is 7.67. The lowest BCUT2D eigenvalue weighted by atomic mass is 10.2. The van der Waals surface area contributed by atoms with Crippen molar-refractivity contribution in [2.45, 2.75) is 25.1 Å². The fourth-order valence-corrected chi connectivity index (χ4v) is 5.56.